The number of carbonyl (C=O) groups excluding carboxylic acids is 2. The Morgan fingerprint density at radius 3 is 2.39 bits per heavy atom. The predicted molar refractivity (Wildman–Crippen MR) is 105 cm³/mol. The van der Waals surface area contributed by atoms with Gasteiger partial charge in [0.15, 0.2) is 0 Å². The zero-order valence-corrected chi connectivity index (χ0v) is 16.5. The van der Waals surface area contributed by atoms with Crippen LogP contribution in [0.5, 0.6) is 0 Å². The summed E-state index contributed by atoms with van der Waals surface area (Å²) in [7, 11) is 1.62. The van der Waals surface area contributed by atoms with E-state index in [1.165, 1.54) is 37.1 Å². The summed E-state index contributed by atoms with van der Waals surface area (Å²) in [6.45, 7) is 3.51. The lowest BCUT2D eigenvalue weighted by atomic mass is 9.95. The van der Waals surface area contributed by atoms with Gasteiger partial charge in [0, 0.05) is 45.4 Å². The van der Waals surface area contributed by atoms with Gasteiger partial charge < -0.3 is 15.0 Å². The van der Waals surface area contributed by atoms with E-state index in [9.17, 15) is 14.0 Å². The van der Waals surface area contributed by atoms with Crippen molar-refractivity contribution in [2.75, 3.05) is 46.4 Å². The van der Waals surface area contributed by atoms with Crippen molar-refractivity contribution in [3.63, 3.8) is 0 Å². The number of carbonyl (C=O) groups is 2. The van der Waals surface area contributed by atoms with Gasteiger partial charge in [-0.15, -0.1) is 0 Å². The fourth-order valence-corrected chi connectivity index (χ4v) is 4.31. The summed E-state index contributed by atoms with van der Waals surface area (Å²) >= 11 is 0. The summed E-state index contributed by atoms with van der Waals surface area (Å²) in [6.07, 6.45) is 4.51. The predicted octanol–water partition coefficient (Wildman–Crippen LogP) is 1.90. The number of nitrogens with one attached hydrogen (secondary N) is 1. The van der Waals surface area contributed by atoms with Crippen molar-refractivity contribution in [1.82, 2.24) is 15.1 Å². The molecule has 1 unspecified atom stereocenters. The topological polar surface area (TPSA) is 61.9 Å². The first kappa shape index (κ1) is 20.7. The molecule has 1 saturated heterocycles. The molecular weight excluding hydrogens is 361 g/mol. The third-order valence-corrected chi connectivity index (χ3v) is 5.81. The van der Waals surface area contributed by atoms with Crippen LogP contribution in [0.2, 0.25) is 0 Å². The van der Waals surface area contributed by atoms with E-state index in [4.69, 9.17) is 4.74 Å². The molecule has 1 aliphatic carbocycles. The summed E-state index contributed by atoms with van der Waals surface area (Å²) in [5, 5.41) is 3.00. The molecule has 28 heavy (non-hydrogen) atoms. The monoisotopic (exact) mass is 391 g/mol. The van der Waals surface area contributed by atoms with E-state index in [1.807, 2.05) is 0 Å². The van der Waals surface area contributed by atoms with E-state index < -0.39 is 0 Å². The van der Waals surface area contributed by atoms with E-state index in [1.54, 1.807) is 12.0 Å². The number of ether oxygens (including phenoxy) is 1. The molecule has 1 aliphatic heterocycles. The molecule has 0 radical (unpaired) electrons. The number of nitrogens with zero attached hydrogens (tertiary/aromatic N) is 2. The Labute approximate surface area is 166 Å². The molecule has 0 bridgehead atoms. The number of methoxy groups -OCH3 is 1. The van der Waals surface area contributed by atoms with Gasteiger partial charge in [-0.05, 0) is 43.0 Å². The van der Waals surface area contributed by atoms with Crippen molar-refractivity contribution in [1.29, 1.82) is 0 Å². The molecule has 2 amide bonds. The fraction of sp³-hybridized carbons (Fsp3) is 0.619. The van der Waals surface area contributed by atoms with Gasteiger partial charge in [0.25, 0.3) is 5.91 Å². The van der Waals surface area contributed by atoms with Crippen LogP contribution < -0.4 is 5.32 Å². The molecule has 1 aromatic rings. The highest BCUT2D eigenvalue weighted by molar-refractivity contribution is 5.94. The Kier molecular flexibility index (Phi) is 7.39. The highest BCUT2D eigenvalue weighted by Gasteiger charge is 2.37. The Balaban J connectivity index is 1.60. The lowest BCUT2D eigenvalue weighted by Gasteiger charge is -2.40. The van der Waals surface area contributed by atoms with E-state index in [0.717, 1.165) is 12.8 Å². The second-order valence-corrected chi connectivity index (χ2v) is 7.61. The molecule has 3 rings (SSSR count). The van der Waals surface area contributed by atoms with Gasteiger partial charge in [0.2, 0.25) is 5.91 Å². The van der Waals surface area contributed by atoms with Gasteiger partial charge >= 0.3 is 0 Å². The minimum absolute atomic E-state index is 0.0715. The van der Waals surface area contributed by atoms with Crippen molar-refractivity contribution < 1.29 is 18.7 Å². The quantitative estimate of drug-likeness (QED) is 0.722. The molecule has 7 heteroatoms. The summed E-state index contributed by atoms with van der Waals surface area (Å²) in [6, 6.07) is 5.53. The molecule has 2 aliphatic rings. The van der Waals surface area contributed by atoms with E-state index in [-0.39, 0.29) is 23.7 Å². The largest absolute Gasteiger partial charge is 0.383 e. The Morgan fingerprint density at radius 1 is 1.14 bits per heavy atom. The molecule has 1 N–H and O–H groups in total. The second-order valence-electron chi connectivity index (χ2n) is 7.61. The van der Waals surface area contributed by atoms with Crippen LogP contribution >= 0.6 is 0 Å². The number of amides is 2. The smallest absolute Gasteiger partial charge is 0.253 e. The standard InChI is InChI=1S/C21H30FN3O3/c1-28-15-10-23-20(26)19(16-4-2-3-5-16)24-11-13-25(14-12-24)21(27)17-6-8-18(22)9-7-17/h6-9,16,19H,2-5,10-15H2,1H3,(H,23,26). The molecule has 1 saturated carbocycles. The maximum Gasteiger partial charge on any atom is 0.253 e. The normalized spacial score (nSPS) is 19.6. The first-order valence-electron chi connectivity index (χ1n) is 10.2. The van der Waals surface area contributed by atoms with Gasteiger partial charge in [-0.2, -0.15) is 0 Å². The third-order valence-electron chi connectivity index (χ3n) is 5.81. The van der Waals surface area contributed by atoms with E-state index in [2.05, 4.69) is 10.2 Å². The fourth-order valence-electron chi connectivity index (χ4n) is 4.31. The van der Waals surface area contributed by atoms with Gasteiger partial charge in [-0.25, -0.2) is 4.39 Å². The maximum atomic E-state index is 13.1. The van der Waals surface area contributed by atoms with Crippen molar-refractivity contribution in [2.45, 2.75) is 31.7 Å². The lowest BCUT2D eigenvalue weighted by molar-refractivity contribution is -0.129. The van der Waals surface area contributed by atoms with E-state index >= 15 is 0 Å². The lowest BCUT2D eigenvalue weighted by Crippen LogP contribution is -2.58. The maximum absolute atomic E-state index is 13.1. The second kappa shape index (κ2) is 9.98. The summed E-state index contributed by atoms with van der Waals surface area (Å²) in [4.78, 5) is 29.5. The molecule has 154 valence electrons. The summed E-state index contributed by atoms with van der Waals surface area (Å²) in [5.74, 6) is 0.0195. The van der Waals surface area contributed by atoms with Crippen molar-refractivity contribution in [2.24, 2.45) is 5.92 Å². The van der Waals surface area contributed by atoms with Crippen LogP contribution in [0.3, 0.4) is 0 Å². The van der Waals surface area contributed by atoms with Gasteiger partial charge in [-0.3, -0.25) is 14.5 Å². The van der Waals surface area contributed by atoms with Gasteiger partial charge in [0.1, 0.15) is 5.82 Å². The molecule has 0 aromatic heterocycles. The number of benzene rings is 1. The zero-order valence-electron chi connectivity index (χ0n) is 16.5. The number of hydrogen-bond donors (Lipinski definition) is 1. The number of piperazine rings is 1. The van der Waals surface area contributed by atoms with Crippen molar-refractivity contribution >= 4 is 11.8 Å². The minimum Gasteiger partial charge on any atom is -0.383 e. The van der Waals surface area contributed by atoms with Crippen LogP contribution in [0.1, 0.15) is 36.0 Å². The SMILES string of the molecule is COCCNC(=O)C(C1CCCC1)N1CCN(C(=O)c2ccc(F)cc2)CC1. The highest BCUT2D eigenvalue weighted by atomic mass is 19.1. The van der Waals surface area contributed by atoms with E-state index in [0.29, 0.717) is 50.8 Å². The summed E-state index contributed by atoms with van der Waals surface area (Å²) < 4.78 is 18.1. The zero-order chi connectivity index (χ0) is 19.9. The van der Waals surface area contributed by atoms with Crippen LogP contribution in [0.25, 0.3) is 0 Å². The van der Waals surface area contributed by atoms with Crippen LogP contribution in [-0.4, -0.2) is 74.1 Å². The molecule has 1 atom stereocenters. The average molecular weight is 391 g/mol. The highest BCUT2D eigenvalue weighted by Crippen LogP contribution is 2.31. The molecule has 1 heterocycles. The van der Waals surface area contributed by atoms with Gasteiger partial charge in [-0.1, -0.05) is 12.8 Å². The van der Waals surface area contributed by atoms with Crippen LogP contribution in [0, 0.1) is 11.7 Å². The van der Waals surface area contributed by atoms with Crippen molar-refractivity contribution in [3.8, 4) is 0 Å². The Bertz CT molecular complexity index is 653. The third kappa shape index (κ3) is 5.08. The molecular formula is C21H30FN3O3. The average Bonchev–Trinajstić information content (AvgIpc) is 3.23. The molecule has 0 spiro atoms. The van der Waals surface area contributed by atoms with Crippen LogP contribution in [0.4, 0.5) is 4.39 Å². The van der Waals surface area contributed by atoms with Gasteiger partial charge in [0.05, 0.1) is 12.6 Å². The van der Waals surface area contributed by atoms with Crippen LogP contribution in [-0.2, 0) is 9.53 Å². The summed E-state index contributed by atoms with van der Waals surface area (Å²) in [5.41, 5.74) is 0.500. The molecule has 1 aromatic carbocycles. The Morgan fingerprint density at radius 2 is 1.79 bits per heavy atom. The minimum atomic E-state index is -0.347. The Hall–Kier alpha value is -1.99. The molecule has 6 nitrogen and oxygen atoms in total. The first-order chi connectivity index (χ1) is 13.6. The number of halogens is 1. The van der Waals surface area contributed by atoms with Crippen LogP contribution in [0.15, 0.2) is 24.3 Å². The molecule has 2 fully saturated rings. The first-order valence-corrected chi connectivity index (χ1v) is 10.2. The number of rotatable bonds is 7. The van der Waals surface area contributed by atoms with Crippen molar-refractivity contribution in [3.05, 3.63) is 35.6 Å². The number of hydrogen-bond acceptors (Lipinski definition) is 4.